The van der Waals surface area contributed by atoms with Crippen molar-refractivity contribution in [3.63, 3.8) is 0 Å². The maximum atomic E-state index is 11.9. The fourth-order valence-corrected chi connectivity index (χ4v) is 2.94. The number of rotatable bonds is 6. The molecule has 3 nitrogen and oxygen atoms in total. The van der Waals surface area contributed by atoms with Crippen LogP contribution in [0.25, 0.3) is 0 Å². The number of hydrogen-bond donors (Lipinski definition) is 2. The molecule has 2 unspecified atom stereocenters. The highest BCUT2D eigenvalue weighted by Gasteiger charge is 2.16. The van der Waals surface area contributed by atoms with Crippen molar-refractivity contribution in [2.45, 2.75) is 51.1 Å². The van der Waals surface area contributed by atoms with Crippen LogP contribution in [0, 0.1) is 0 Å². The van der Waals surface area contributed by atoms with E-state index in [4.69, 9.17) is 0 Å². The lowest BCUT2D eigenvalue weighted by Gasteiger charge is -2.15. The number of nitrogens with one attached hydrogen (secondary N) is 2. The van der Waals surface area contributed by atoms with Gasteiger partial charge < -0.3 is 10.6 Å². The summed E-state index contributed by atoms with van der Waals surface area (Å²) >= 11 is 3.43. The van der Waals surface area contributed by atoms with Crippen LogP contribution >= 0.6 is 15.9 Å². The molecule has 0 spiro atoms. The van der Waals surface area contributed by atoms with Crippen LogP contribution in [0.3, 0.4) is 0 Å². The van der Waals surface area contributed by atoms with E-state index in [0.29, 0.717) is 12.5 Å². The van der Waals surface area contributed by atoms with Crippen LogP contribution in [0.4, 0.5) is 0 Å². The maximum absolute atomic E-state index is 11.9. The summed E-state index contributed by atoms with van der Waals surface area (Å²) in [5.74, 6) is 0.170. The molecule has 2 N–H and O–H groups in total. The predicted molar refractivity (Wildman–Crippen MR) is 85.7 cm³/mol. The Bertz CT molecular complexity index is 427. The van der Waals surface area contributed by atoms with Crippen molar-refractivity contribution in [3.05, 3.63) is 34.3 Å². The third-order valence-electron chi connectivity index (χ3n) is 3.74. The van der Waals surface area contributed by atoms with Crippen LogP contribution in [0.2, 0.25) is 0 Å². The van der Waals surface area contributed by atoms with Crippen LogP contribution in [-0.2, 0) is 11.2 Å². The Labute approximate surface area is 129 Å². The van der Waals surface area contributed by atoms with E-state index >= 15 is 0 Å². The van der Waals surface area contributed by atoms with Gasteiger partial charge in [-0.15, -0.1) is 0 Å². The van der Waals surface area contributed by atoms with Crippen LogP contribution in [0.1, 0.15) is 38.2 Å². The van der Waals surface area contributed by atoms with Gasteiger partial charge >= 0.3 is 0 Å². The van der Waals surface area contributed by atoms with E-state index in [9.17, 15) is 4.79 Å². The summed E-state index contributed by atoms with van der Waals surface area (Å²) in [6.45, 7) is 3.17. The van der Waals surface area contributed by atoms with Gasteiger partial charge in [-0.05, 0) is 56.8 Å². The van der Waals surface area contributed by atoms with E-state index in [0.717, 1.165) is 23.9 Å². The van der Waals surface area contributed by atoms with Crippen molar-refractivity contribution in [1.82, 2.24) is 10.6 Å². The van der Waals surface area contributed by atoms with Gasteiger partial charge in [0, 0.05) is 23.0 Å². The summed E-state index contributed by atoms with van der Waals surface area (Å²) in [6, 6.07) is 8.98. The fourth-order valence-electron chi connectivity index (χ4n) is 2.68. The van der Waals surface area contributed by atoms with E-state index in [1.807, 2.05) is 12.1 Å². The molecule has 0 saturated carbocycles. The first-order chi connectivity index (χ1) is 9.63. The normalized spacial score (nSPS) is 19.8. The molecule has 4 heteroatoms. The molecule has 0 aromatic heterocycles. The number of halogens is 1. The average molecular weight is 339 g/mol. The summed E-state index contributed by atoms with van der Waals surface area (Å²) in [4.78, 5) is 11.9. The summed E-state index contributed by atoms with van der Waals surface area (Å²) < 4.78 is 1.09. The van der Waals surface area contributed by atoms with Crippen LogP contribution < -0.4 is 10.6 Å². The minimum absolute atomic E-state index is 0.170. The Morgan fingerprint density at radius 1 is 1.45 bits per heavy atom. The molecule has 1 amide bonds. The Kier molecular flexibility index (Phi) is 6.05. The molecule has 1 aliphatic rings. The summed E-state index contributed by atoms with van der Waals surface area (Å²) in [7, 11) is 0. The maximum Gasteiger partial charge on any atom is 0.220 e. The number of carbonyl (C=O) groups is 1. The monoisotopic (exact) mass is 338 g/mol. The highest BCUT2D eigenvalue weighted by Crippen LogP contribution is 2.13. The molecule has 1 saturated heterocycles. The van der Waals surface area contributed by atoms with Crippen molar-refractivity contribution < 1.29 is 4.79 Å². The van der Waals surface area contributed by atoms with E-state index in [-0.39, 0.29) is 11.9 Å². The summed E-state index contributed by atoms with van der Waals surface area (Å²) in [5, 5.41) is 6.51. The van der Waals surface area contributed by atoms with Crippen LogP contribution in [0.5, 0.6) is 0 Å². The second-order valence-electron chi connectivity index (χ2n) is 5.63. The Morgan fingerprint density at radius 2 is 2.20 bits per heavy atom. The van der Waals surface area contributed by atoms with Gasteiger partial charge in [-0.25, -0.2) is 0 Å². The molecule has 2 rings (SSSR count). The number of carbonyl (C=O) groups excluding carboxylic acids is 1. The highest BCUT2D eigenvalue weighted by molar-refractivity contribution is 9.10. The van der Waals surface area contributed by atoms with Gasteiger partial charge in [0.1, 0.15) is 0 Å². The summed E-state index contributed by atoms with van der Waals surface area (Å²) in [5.41, 5.74) is 1.25. The van der Waals surface area contributed by atoms with Crippen LogP contribution in [0.15, 0.2) is 28.7 Å². The SMILES string of the molecule is CC(Cc1ccc(Br)cc1)NC(=O)CCC1CCCN1. The first kappa shape index (κ1) is 15.5. The van der Waals surface area contributed by atoms with Crippen molar-refractivity contribution in [2.75, 3.05) is 6.54 Å². The van der Waals surface area contributed by atoms with Crippen molar-refractivity contribution >= 4 is 21.8 Å². The second kappa shape index (κ2) is 7.79. The van der Waals surface area contributed by atoms with Crippen molar-refractivity contribution in [2.24, 2.45) is 0 Å². The van der Waals surface area contributed by atoms with Gasteiger partial charge in [-0.1, -0.05) is 28.1 Å². The van der Waals surface area contributed by atoms with E-state index in [2.05, 4.69) is 45.6 Å². The molecule has 1 aromatic carbocycles. The number of benzene rings is 1. The molecular formula is C16H23BrN2O. The van der Waals surface area contributed by atoms with Crippen LogP contribution in [-0.4, -0.2) is 24.5 Å². The standard InChI is InChI=1S/C16H23BrN2O/c1-12(11-13-4-6-14(17)7-5-13)19-16(20)9-8-15-3-2-10-18-15/h4-7,12,15,18H,2-3,8-11H2,1H3,(H,19,20). The van der Waals surface area contributed by atoms with Gasteiger partial charge in [0.05, 0.1) is 0 Å². The molecule has 0 bridgehead atoms. The molecule has 0 aliphatic carbocycles. The summed E-state index contributed by atoms with van der Waals surface area (Å²) in [6.07, 6.45) is 4.91. The quantitative estimate of drug-likeness (QED) is 0.836. The number of hydrogen-bond acceptors (Lipinski definition) is 2. The zero-order chi connectivity index (χ0) is 14.4. The second-order valence-corrected chi connectivity index (χ2v) is 6.55. The molecule has 110 valence electrons. The zero-order valence-corrected chi connectivity index (χ0v) is 13.6. The van der Waals surface area contributed by atoms with Gasteiger partial charge in [0.2, 0.25) is 5.91 Å². The third-order valence-corrected chi connectivity index (χ3v) is 4.27. The Balaban J connectivity index is 1.68. The molecule has 1 aromatic rings. The van der Waals surface area contributed by atoms with E-state index < -0.39 is 0 Å². The van der Waals surface area contributed by atoms with E-state index in [1.54, 1.807) is 0 Å². The van der Waals surface area contributed by atoms with Gasteiger partial charge in [0.15, 0.2) is 0 Å². The topological polar surface area (TPSA) is 41.1 Å². The Hall–Kier alpha value is -0.870. The predicted octanol–water partition coefficient (Wildman–Crippen LogP) is 3.03. The van der Waals surface area contributed by atoms with Gasteiger partial charge in [-0.3, -0.25) is 4.79 Å². The first-order valence-electron chi connectivity index (χ1n) is 7.40. The highest BCUT2D eigenvalue weighted by atomic mass is 79.9. The van der Waals surface area contributed by atoms with Crippen molar-refractivity contribution in [3.8, 4) is 0 Å². The fraction of sp³-hybridized carbons (Fsp3) is 0.562. The van der Waals surface area contributed by atoms with Crippen molar-refractivity contribution in [1.29, 1.82) is 0 Å². The molecule has 1 aliphatic heterocycles. The van der Waals surface area contributed by atoms with Gasteiger partial charge in [0.25, 0.3) is 0 Å². The molecular weight excluding hydrogens is 316 g/mol. The molecule has 1 heterocycles. The first-order valence-corrected chi connectivity index (χ1v) is 8.20. The molecule has 0 radical (unpaired) electrons. The largest absolute Gasteiger partial charge is 0.353 e. The van der Waals surface area contributed by atoms with E-state index in [1.165, 1.54) is 18.4 Å². The third kappa shape index (κ3) is 5.25. The zero-order valence-electron chi connectivity index (χ0n) is 12.0. The average Bonchev–Trinajstić information content (AvgIpc) is 2.92. The molecule has 20 heavy (non-hydrogen) atoms. The lowest BCUT2D eigenvalue weighted by Crippen LogP contribution is -2.35. The smallest absolute Gasteiger partial charge is 0.220 e. The van der Waals surface area contributed by atoms with Gasteiger partial charge in [-0.2, -0.15) is 0 Å². The minimum Gasteiger partial charge on any atom is -0.353 e. The molecule has 1 fully saturated rings. The Morgan fingerprint density at radius 3 is 2.85 bits per heavy atom. The molecule has 2 atom stereocenters. The number of amides is 1. The lowest BCUT2D eigenvalue weighted by molar-refractivity contribution is -0.121. The minimum atomic E-state index is 0.170. The lowest BCUT2D eigenvalue weighted by atomic mass is 10.1.